The van der Waals surface area contributed by atoms with E-state index < -0.39 is 0 Å². The minimum Gasteiger partial charge on any atom is -0.491 e. The number of thioether (sulfide) groups is 1. The Hall–Kier alpha value is -1.16. The second kappa shape index (κ2) is 5.45. The van der Waals surface area contributed by atoms with Crippen LogP contribution in [0.15, 0.2) is 29.3 Å². The third-order valence-corrected chi connectivity index (χ3v) is 3.41. The molecule has 1 aliphatic rings. The van der Waals surface area contributed by atoms with Gasteiger partial charge < -0.3 is 10.1 Å². The van der Waals surface area contributed by atoms with E-state index in [4.69, 9.17) is 4.74 Å². The Morgan fingerprint density at radius 2 is 2.06 bits per heavy atom. The molecular formula is C13H18N2OS. The first-order valence-corrected chi connectivity index (χ1v) is 6.86. The van der Waals surface area contributed by atoms with Crippen molar-refractivity contribution in [3.8, 4) is 5.75 Å². The van der Waals surface area contributed by atoms with Crippen molar-refractivity contribution in [1.82, 2.24) is 0 Å². The molecule has 2 rings (SSSR count). The maximum absolute atomic E-state index is 5.59. The van der Waals surface area contributed by atoms with Gasteiger partial charge in [-0.2, -0.15) is 0 Å². The summed E-state index contributed by atoms with van der Waals surface area (Å²) in [5.74, 6) is 1.97. The third-order valence-electron chi connectivity index (χ3n) is 2.28. The number of rotatable bonds is 3. The van der Waals surface area contributed by atoms with Crippen molar-refractivity contribution in [2.75, 3.05) is 11.1 Å². The molecule has 1 aromatic carbocycles. The van der Waals surface area contributed by atoms with Crippen LogP contribution in [0.5, 0.6) is 5.75 Å². The highest BCUT2D eigenvalue weighted by Crippen LogP contribution is 2.22. The summed E-state index contributed by atoms with van der Waals surface area (Å²) in [5.41, 5.74) is 1.06. The number of aliphatic imine (C=N–C) groups is 1. The molecular weight excluding hydrogens is 232 g/mol. The summed E-state index contributed by atoms with van der Waals surface area (Å²) < 4.78 is 5.59. The predicted molar refractivity (Wildman–Crippen MR) is 75.2 cm³/mol. The van der Waals surface area contributed by atoms with Gasteiger partial charge in [-0.25, -0.2) is 0 Å². The molecule has 0 saturated carbocycles. The molecule has 4 heteroatoms. The molecule has 0 saturated heterocycles. The Labute approximate surface area is 107 Å². The average molecular weight is 250 g/mol. The first-order valence-electron chi connectivity index (χ1n) is 5.88. The predicted octanol–water partition coefficient (Wildman–Crippen LogP) is 3.38. The van der Waals surface area contributed by atoms with Crippen molar-refractivity contribution in [1.29, 1.82) is 0 Å². The number of anilines is 1. The van der Waals surface area contributed by atoms with E-state index in [1.54, 1.807) is 11.8 Å². The van der Waals surface area contributed by atoms with Gasteiger partial charge in [0.15, 0.2) is 5.17 Å². The fraction of sp³-hybridized carbons (Fsp3) is 0.462. The zero-order chi connectivity index (χ0) is 12.3. The summed E-state index contributed by atoms with van der Waals surface area (Å²) in [4.78, 5) is 4.49. The van der Waals surface area contributed by atoms with E-state index in [-0.39, 0.29) is 6.10 Å². The van der Waals surface area contributed by atoms with Crippen molar-refractivity contribution >= 4 is 22.6 Å². The quantitative estimate of drug-likeness (QED) is 0.893. The maximum atomic E-state index is 5.59. The molecule has 0 amide bonds. The highest BCUT2D eigenvalue weighted by atomic mass is 32.2. The third kappa shape index (κ3) is 3.66. The summed E-state index contributed by atoms with van der Waals surface area (Å²) >= 11 is 1.77. The van der Waals surface area contributed by atoms with E-state index >= 15 is 0 Å². The normalized spacial score (nSPS) is 19.3. The Balaban J connectivity index is 1.96. The van der Waals surface area contributed by atoms with Crippen molar-refractivity contribution in [3.05, 3.63) is 24.3 Å². The van der Waals surface area contributed by atoms with Crippen LogP contribution in [-0.4, -0.2) is 23.1 Å². The van der Waals surface area contributed by atoms with Crippen molar-refractivity contribution < 1.29 is 4.74 Å². The Kier molecular flexibility index (Phi) is 3.94. The van der Waals surface area contributed by atoms with Crippen LogP contribution in [0.2, 0.25) is 0 Å². The number of amidine groups is 1. The maximum Gasteiger partial charge on any atom is 0.161 e. The SMILES string of the molecule is CC1CSC(Nc2ccc(OC(C)C)cc2)=N1. The van der Waals surface area contributed by atoms with Gasteiger partial charge in [0, 0.05) is 11.4 Å². The Bertz CT molecular complexity index is 400. The molecule has 1 heterocycles. The summed E-state index contributed by atoms with van der Waals surface area (Å²) in [6.07, 6.45) is 0.212. The fourth-order valence-corrected chi connectivity index (χ4v) is 2.47. The molecule has 17 heavy (non-hydrogen) atoms. The van der Waals surface area contributed by atoms with E-state index in [9.17, 15) is 0 Å². The second-order valence-electron chi connectivity index (χ2n) is 4.41. The number of nitrogens with one attached hydrogen (secondary N) is 1. The van der Waals surface area contributed by atoms with E-state index in [1.807, 2.05) is 38.1 Å². The number of benzene rings is 1. The first-order chi connectivity index (χ1) is 8.13. The standard InChI is InChI=1S/C13H18N2OS/c1-9(2)16-12-6-4-11(5-7-12)15-13-14-10(3)8-17-13/h4-7,9-10H,8H2,1-3H3,(H,14,15). The molecule has 1 N–H and O–H groups in total. The fourth-order valence-electron chi connectivity index (χ4n) is 1.56. The van der Waals surface area contributed by atoms with Crippen LogP contribution >= 0.6 is 11.8 Å². The summed E-state index contributed by atoms with van der Waals surface area (Å²) in [6.45, 7) is 6.18. The van der Waals surface area contributed by atoms with Gasteiger partial charge in [-0.1, -0.05) is 11.8 Å². The van der Waals surface area contributed by atoms with Crippen LogP contribution < -0.4 is 10.1 Å². The van der Waals surface area contributed by atoms with Gasteiger partial charge in [-0.05, 0) is 45.0 Å². The molecule has 0 aliphatic carbocycles. The van der Waals surface area contributed by atoms with Crippen LogP contribution in [0.4, 0.5) is 5.69 Å². The molecule has 0 aromatic heterocycles. The number of nitrogens with zero attached hydrogens (tertiary/aromatic N) is 1. The summed E-state index contributed by atoms with van der Waals surface area (Å²) in [6, 6.07) is 8.41. The van der Waals surface area contributed by atoms with E-state index in [0.29, 0.717) is 6.04 Å². The molecule has 0 fully saturated rings. The number of ether oxygens (including phenoxy) is 1. The first kappa shape index (κ1) is 12.3. The van der Waals surface area contributed by atoms with Gasteiger partial charge in [0.05, 0.1) is 12.1 Å². The average Bonchev–Trinajstić information content (AvgIpc) is 2.66. The van der Waals surface area contributed by atoms with Gasteiger partial charge >= 0.3 is 0 Å². The molecule has 1 unspecified atom stereocenters. The highest BCUT2D eigenvalue weighted by molar-refractivity contribution is 8.14. The van der Waals surface area contributed by atoms with Gasteiger partial charge in [0.1, 0.15) is 5.75 Å². The van der Waals surface area contributed by atoms with E-state index in [1.165, 1.54) is 0 Å². The molecule has 1 aromatic rings. The van der Waals surface area contributed by atoms with Crippen molar-refractivity contribution in [2.24, 2.45) is 4.99 Å². The molecule has 1 atom stereocenters. The van der Waals surface area contributed by atoms with Crippen molar-refractivity contribution in [2.45, 2.75) is 32.9 Å². The van der Waals surface area contributed by atoms with Crippen LogP contribution in [-0.2, 0) is 0 Å². The van der Waals surface area contributed by atoms with Crippen LogP contribution in [0.25, 0.3) is 0 Å². The largest absolute Gasteiger partial charge is 0.491 e. The van der Waals surface area contributed by atoms with Gasteiger partial charge in [-0.3, -0.25) is 4.99 Å². The van der Waals surface area contributed by atoms with Crippen molar-refractivity contribution in [3.63, 3.8) is 0 Å². The lowest BCUT2D eigenvalue weighted by atomic mass is 10.3. The van der Waals surface area contributed by atoms with Crippen LogP contribution in [0.3, 0.4) is 0 Å². The van der Waals surface area contributed by atoms with Crippen LogP contribution in [0, 0.1) is 0 Å². The molecule has 0 bridgehead atoms. The van der Waals surface area contributed by atoms with Gasteiger partial charge in [0.25, 0.3) is 0 Å². The molecule has 3 nitrogen and oxygen atoms in total. The minimum absolute atomic E-state index is 0.212. The molecule has 0 radical (unpaired) electrons. The summed E-state index contributed by atoms with van der Waals surface area (Å²) in [7, 11) is 0. The van der Waals surface area contributed by atoms with Crippen LogP contribution in [0.1, 0.15) is 20.8 Å². The lowest BCUT2D eigenvalue weighted by Gasteiger charge is -2.10. The summed E-state index contributed by atoms with van der Waals surface area (Å²) in [5, 5.41) is 4.32. The lowest BCUT2D eigenvalue weighted by molar-refractivity contribution is 0.242. The Morgan fingerprint density at radius 1 is 1.35 bits per heavy atom. The minimum atomic E-state index is 0.212. The number of hydrogen-bond donors (Lipinski definition) is 1. The molecule has 0 spiro atoms. The lowest BCUT2D eigenvalue weighted by Crippen LogP contribution is -2.07. The molecule has 1 aliphatic heterocycles. The topological polar surface area (TPSA) is 33.6 Å². The smallest absolute Gasteiger partial charge is 0.161 e. The highest BCUT2D eigenvalue weighted by Gasteiger charge is 2.13. The van der Waals surface area contributed by atoms with E-state index in [0.717, 1.165) is 22.4 Å². The van der Waals surface area contributed by atoms with E-state index in [2.05, 4.69) is 17.2 Å². The van der Waals surface area contributed by atoms with Gasteiger partial charge in [0.2, 0.25) is 0 Å². The zero-order valence-electron chi connectivity index (χ0n) is 10.4. The number of hydrogen-bond acceptors (Lipinski definition) is 4. The molecule has 92 valence electrons. The second-order valence-corrected chi connectivity index (χ2v) is 5.42. The monoisotopic (exact) mass is 250 g/mol. The Morgan fingerprint density at radius 3 is 2.59 bits per heavy atom. The zero-order valence-corrected chi connectivity index (χ0v) is 11.3. The van der Waals surface area contributed by atoms with Gasteiger partial charge in [-0.15, -0.1) is 0 Å².